The normalized spacial score (nSPS) is 13.3. The highest BCUT2D eigenvalue weighted by atomic mass is 16.4. The Morgan fingerprint density at radius 3 is 2.79 bits per heavy atom. The van der Waals surface area contributed by atoms with Gasteiger partial charge in [-0.3, -0.25) is 4.79 Å². The quantitative estimate of drug-likeness (QED) is 0.882. The van der Waals surface area contributed by atoms with Gasteiger partial charge in [-0.2, -0.15) is 5.10 Å². The minimum absolute atomic E-state index is 0.456. The third-order valence-corrected chi connectivity index (χ3v) is 3.36. The van der Waals surface area contributed by atoms with Gasteiger partial charge in [-0.25, -0.2) is 9.48 Å². The first-order valence-corrected chi connectivity index (χ1v) is 6.10. The van der Waals surface area contributed by atoms with Crippen molar-refractivity contribution in [2.45, 2.75) is 19.3 Å². The maximum absolute atomic E-state index is 11.4. The number of rotatable bonds is 2. The second-order valence-electron chi connectivity index (χ2n) is 4.58. The van der Waals surface area contributed by atoms with Crippen LogP contribution in [0.5, 0.6) is 0 Å². The molecule has 0 spiro atoms. The number of aromatic carboxylic acids is 1. The summed E-state index contributed by atoms with van der Waals surface area (Å²) in [5, 5.41) is 12.8. The summed E-state index contributed by atoms with van der Waals surface area (Å²) in [6.45, 7) is 0. The molecule has 0 radical (unpaired) electrons. The molecule has 1 aromatic carbocycles. The number of fused-ring (bicyclic) bond motifs is 1. The van der Waals surface area contributed by atoms with Gasteiger partial charge in [-0.15, -0.1) is 0 Å². The fourth-order valence-electron chi connectivity index (χ4n) is 2.40. The first kappa shape index (κ1) is 11.6. The molecule has 0 amide bonds. The number of carboxylic acids is 1. The van der Waals surface area contributed by atoms with Crippen molar-refractivity contribution >= 4 is 5.97 Å². The molecule has 1 aromatic heterocycles. The van der Waals surface area contributed by atoms with E-state index in [1.54, 1.807) is 0 Å². The molecule has 1 aliphatic carbocycles. The van der Waals surface area contributed by atoms with E-state index < -0.39 is 17.1 Å². The van der Waals surface area contributed by atoms with Crippen LogP contribution in [0.3, 0.4) is 0 Å². The smallest absolute Gasteiger partial charge is 0.360 e. The van der Waals surface area contributed by atoms with Crippen molar-refractivity contribution in [3.8, 4) is 5.69 Å². The third-order valence-electron chi connectivity index (χ3n) is 3.36. The molecule has 0 aliphatic heterocycles. The molecule has 5 nitrogen and oxygen atoms in total. The SMILES string of the molecule is O=C(O)c1nn(-c2ccc3c(c2)CCC3)ccc1=O. The molecule has 1 heterocycles. The molecule has 0 fully saturated rings. The Labute approximate surface area is 109 Å². The minimum atomic E-state index is -1.31. The van der Waals surface area contributed by atoms with Crippen molar-refractivity contribution in [3.63, 3.8) is 0 Å². The fourth-order valence-corrected chi connectivity index (χ4v) is 2.40. The highest BCUT2D eigenvalue weighted by molar-refractivity contribution is 5.84. The van der Waals surface area contributed by atoms with Crippen LogP contribution in [-0.2, 0) is 12.8 Å². The zero-order valence-electron chi connectivity index (χ0n) is 10.2. The Morgan fingerprint density at radius 1 is 1.21 bits per heavy atom. The molecule has 5 heteroatoms. The molecule has 0 unspecified atom stereocenters. The first-order chi connectivity index (χ1) is 9.15. The van der Waals surface area contributed by atoms with E-state index in [1.165, 1.54) is 28.1 Å². The van der Waals surface area contributed by atoms with Crippen molar-refractivity contribution in [1.82, 2.24) is 9.78 Å². The zero-order valence-corrected chi connectivity index (χ0v) is 10.2. The second-order valence-corrected chi connectivity index (χ2v) is 4.58. The summed E-state index contributed by atoms with van der Waals surface area (Å²) in [5.74, 6) is -1.31. The van der Waals surface area contributed by atoms with Crippen molar-refractivity contribution in [2.75, 3.05) is 0 Å². The summed E-state index contributed by atoms with van der Waals surface area (Å²) >= 11 is 0. The Morgan fingerprint density at radius 2 is 2.00 bits per heavy atom. The highest BCUT2D eigenvalue weighted by Crippen LogP contribution is 2.23. The molecular formula is C14H12N2O3. The molecule has 0 atom stereocenters. The highest BCUT2D eigenvalue weighted by Gasteiger charge is 2.14. The molecule has 0 saturated carbocycles. The summed E-state index contributed by atoms with van der Waals surface area (Å²) in [5.41, 5.74) is 2.36. The van der Waals surface area contributed by atoms with Gasteiger partial charge in [0, 0.05) is 12.3 Å². The monoisotopic (exact) mass is 256 g/mol. The van der Waals surface area contributed by atoms with Crippen molar-refractivity contribution in [1.29, 1.82) is 0 Å². The van der Waals surface area contributed by atoms with Crippen LogP contribution in [0.2, 0.25) is 0 Å². The molecule has 0 bridgehead atoms. The Kier molecular flexibility index (Phi) is 2.67. The summed E-state index contributed by atoms with van der Waals surface area (Å²) < 4.78 is 1.43. The van der Waals surface area contributed by atoms with E-state index in [-0.39, 0.29) is 0 Å². The standard InChI is InChI=1S/C14H12N2O3/c17-12-6-7-16(15-13(12)14(18)19)11-5-4-9-2-1-3-10(9)8-11/h4-8H,1-3H2,(H,18,19). The van der Waals surface area contributed by atoms with Crippen LogP contribution in [0, 0.1) is 0 Å². The van der Waals surface area contributed by atoms with E-state index >= 15 is 0 Å². The van der Waals surface area contributed by atoms with Crippen molar-refractivity contribution in [2.24, 2.45) is 0 Å². The van der Waals surface area contributed by atoms with Gasteiger partial charge in [0.1, 0.15) is 0 Å². The lowest BCUT2D eigenvalue weighted by atomic mass is 10.1. The second kappa shape index (κ2) is 4.35. The lowest BCUT2D eigenvalue weighted by Gasteiger charge is -2.08. The average molecular weight is 256 g/mol. The third kappa shape index (κ3) is 2.03. The maximum atomic E-state index is 11.4. The van der Waals surface area contributed by atoms with E-state index in [1.807, 2.05) is 18.2 Å². The van der Waals surface area contributed by atoms with Gasteiger partial charge in [-0.05, 0) is 42.5 Å². The van der Waals surface area contributed by atoms with Gasteiger partial charge in [0.25, 0.3) is 0 Å². The number of aromatic nitrogens is 2. The number of carboxylic acid groups (broad SMARTS) is 1. The van der Waals surface area contributed by atoms with Crippen LogP contribution >= 0.6 is 0 Å². The summed E-state index contributed by atoms with van der Waals surface area (Å²) in [6, 6.07) is 7.17. The van der Waals surface area contributed by atoms with Gasteiger partial charge in [0.05, 0.1) is 5.69 Å². The fraction of sp³-hybridized carbons (Fsp3) is 0.214. The van der Waals surface area contributed by atoms with Crippen LogP contribution in [0.1, 0.15) is 28.0 Å². The van der Waals surface area contributed by atoms with Crippen LogP contribution < -0.4 is 5.43 Å². The largest absolute Gasteiger partial charge is 0.476 e. The minimum Gasteiger partial charge on any atom is -0.476 e. The predicted molar refractivity (Wildman–Crippen MR) is 68.8 cm³/mol. The van der Waals surface area contributed by atoms with Gasteiger partial charge >= 0.3 is 5.97 Å². The van der Waals surface area contributed by atoms with Crippen molar-refractivity contribution in [3.05, 3.63) is 57.5 Å². The lowest BCUT2D eigenvalue weighted by molar-refractivity contribution is 0.0687. The predicted octanol–water partition coefficient (Wildman–Crippen LogP) is 1.42. The van der Waals surface area contributed by atoms with E-state index in [9.17, 15) is 9.59 Å². The average Bonchev–Trinajstić information content (AvgIpc) is 2.86. The van der Waals surface area contributed by atoms with Crippen LogP contribution in [0.15, 0.2) is 35.3 Å². The van der Waals surface area contributed by atoms with Crippen molar-refractivity contribution < 1.29 is 9.90 Å². The topological polar surface area (TPSA) is 72.2 Å². The molecule has 96 valence electrons. The van der Waals surface area contributed by atoms with Gasteiger partial charge in [0.15, 0.2) is 0 Å². The molecule has 19 heavy (non-hydrogen) atoms. The van der Waals surface area contributed by atoms with Crippen LogP contribution in [-0.4, -0.2) is 20.9 Å². The molecular weight excluding hydrogens is 244 g/mol. The van der Waals surface area contributed by atoms with E-state index in [4.69, 9.17) is 5.11 Å². The number of hydrogen-bond donors (Lipinski definition) is 1. The molecule has 1 N–H and O–H groups in total. The number of nitrogens with zero attached hydrogens (tertiary/aromatic N) is 2. The molecule has 3 rings (SSSR count). The van der Waals surface area contributed by atoms with Gasteiger partial charge in [0.2, 0.25) is 11.1 Å². The maximum Gasteiger partial charge on any atom is 0.360 e. The summed E-state index contributed by atoms with van der Waals surface area (Å²) in [7, 11) is 0. The van der Waals surface area contributed by atoms with Crippen LogP contribution in [0.4, 0.5) is 0 Å². The first-order valence-electron chi connectivity index (χ1n) is 6.10. The van der Waals surface area contributed by atoms with E-state index in [0.29, 0.717) is 0 Å². The Bertz CT molecular complexity index is 719. The molecule has 0 saturated heterocycles. The summed E-state index contributed by atoms with van der Waals surface area (Å²) in [6.07, 6.45) is 4.77. The summed E-state index contributed by atoms with van der Waals surface area (Å²) in [4.78, 5) is 22.3. The van der Waals surface area contributed by atoms with Gasteiger partial charge in [-0.1, -0.05) is 6.07 Å². The number of carbonyl (C=O) groups is 1. The van der Waals surface area contributed by atoms with E-state index in [0.717, 1.165) is 24.9 Å². The number of hydrogen-bond acceptors (Lipinski definition) is 3. The lowest BCUT2D eigenvalue weighted by Crippen LogP contribution is -2.20. The van der Waals surface area contributed by atoms with Crippen LogP contribution in [0.25, 0.3) is 5.69 Å². The zero-order chi connectivity index (χ0) is 13.4. The van der Waals surface area contributed by atoms with Gasteiger partial charge < -0.3 is 5.11 Å². The Hall–Kier alpha value is -2.43. The number of aryl methyl sites for hydroxylation is 2. The molecule has 1 aliphatic rings. The van der Waals surface area contributed by atoms with E-state index in [2.05, 4.69) is 5.10 Å². The number of benzene rings is 1. The molecule has 2 aromatic rings. The Balaban J connectivity index is 2.10.